The molecule has 1 aromatic rings. The standard InChI is InChI=1S/C7H10N2O/c1-5(8)6-2-3-7(10)9-4-6/h2-5H,8H2,1H3,(H,9,10)/t5-/m0/s1. The van der Waals surface area contributed by atoms with Crippen molar-refractivity contribution in [1.82, 2.24) is 4.98 Å². The van der Waals surface area contributed by atoms with Gasteiger partial charge >= 0.3 is 0 Å². The first-order chi connectivity index (χ1) is 4.70. The molecule has 3 heteroatoms. The minimum atomic E-state index is -0.0931. The van der Waals surface area contributed by atoms with Crippen molar-refractivity contribution in [3.63, 3.8) is 0 Å². The van der Waals surface area contributed by atoms with Crippen molar-refractivity contribution in [3.05, 3.63) is 34.2 Å². The predicted molar refractivity (Wildman–Crippen MR) is 39.7 cm³/mol. The second kappa shape index (κ2) is 2.66. The van der Waals surface area contributed by atoms with Crippen molar-refractivity contribution in [2.75, 3.05) is 0 Å². The smallest absolute Gasteiger partial charge is 0.247 e. The van der Waals surface area contributed by atoms with Crippen LogP contribution in [-0.2, 0) is 0 Å². The monoisotopic (exact) mass is 138 g/mol. The average molecular weight is 138 g/mol. The Morgan fingerprint density at radius 2 is 2.30 bits per heavy atom. The molecule has 3 nitrogen and oxygen atoms in total. The van der Waals surface area contributed by atoms with Crippen LogP contribution in [0.4, 0.5) is 0 Å². The van der Waals surface area contributed by atoms with E-state index in [4.69, 9.17) is 5.73 Å². The lowest BCUT2D eigenvalue weighted by Crippen LogP contribution is -2.09. The van der Waals surface area contributed by atoms with E-state index in [2.05, 4.69) is 4.98 Å². The molecule has 0 radical (unpaired) electrons. The molecule has 1 aromatic heterocycles. The molecule has 0 amide bonds. The molecule has 0 saturated carbocycles. The second-order valence-electron chi connectivity index (χ2n) is 2.27. The number of rotatable bonds is 1. The summed E-state index contributed by atoms with van der Waals surface area (Å²) in [7, 11) is 0. The zero-order chi connectivity index (χ0) is 7.56. The Morgan fingerprint density at radius 1 is 1.60 bits per heavy atom. The molecular weight excluding hydrogens is 128 g/mol. The van der Waals surface area contributed by atoms with Crippen LogP contribution in [0, 0.1) is 0 Å². The zero-order valence-corrected chi connectivity index (χ0v) is 5.79. The molecule has 0 aliphatic carbocycles. The zero-order valence-electron chi connectivity index (χ0n) is 5.79. The average Bonchev–Trinajstić information content (AvgIpc) is 1.88. The quantitative estimate of drug-likeness (QED) is 0.590. The van der Waals surface area contributed by atoms with Gasteiger partial charge in [0.25, 0.3) is 0 Å². The first-order valence-electron chi connectivity index (χ1n) is 3.14. The Hall–Kier alpha value is -1.09. The minimum absolute atomic E-state index is 0.0168. The third kappa shape index (κ3) is 1.45. The first kappa shape index (κ1) is 7.02. The van der Waals surface area contributed by atoms with E-state index in [9.17, 15) is 4.79 Å². The lowest BCUT2D eigenvalue weighted by atomic mass is 10.2. The molecule has 54 valence electrons. The largest absolute Gasteiger partial charge is 0.329 e. The van der Waals surface area contributed by atoms with Crippen LogP contribution in [0.3, 0.4) is 0 Å². The van der Waals surface area contributed by atoms with Crippen molar-refractivity contribution in [1.29, 1.82) is 0 Å². The SMILES string of the molecule is C[C@H](N)c1ccc(=O)[nH]c1. The lowest BCUT2D eigenvalue weighted by Gasteiger charge is -2.01. The summed E-state index contributed by atoms with van der Waals surface area (Å²) < 4.78 is 0. The Morgan fingerprint density at radius 3 is 2.70 bits per heavy atom. The van der Waals surface area contributed by atoms with Gasteiger partial charge in [0.1, 0.15) is 0 Å². The van der Waals surface area contributed by atoms with Gasteiger partial charge in [0.2, 0.25) is 5.56 Å². The molecule has 0 aromatic carbocycles. The Bertz CT molecular complexity index is 244. The molecule has 1 atom stereocenters. The molecule has 0 fully saturated rings. The van der Waals surface area contributed by atoms with Crippen LogP contribution in [-0.4, -0.2) is 4.98 Å². The highest BCUT2D eigenvalue weighted by atomic mass is 16.1. The van der Waals surface area contributed by atoms with E-state index in [1.807, 2.05) is 6.92 Å². The van der Waals surface area contributed by atoms with Gasteiger partial charge in [-0.3, -0.25) is 4.79 Å². The van der Waals surface area contributed by atoms with Crippen molar-refractivity contribution in [3.8, 4) is 0 Å². The lowest BCUT2D eigenvalue weighted by molar-refractivity contribution is 0.810. The van der Waals surface area contributed by atoms with Crippen LogP contribution in [0.5, 0.6) is 0 Å². The fourth-order valence-corrected chi connectivity index (χ4v) is 0.706. The van der Waals surface area contributed by atoms with Crippen molar-refractivity contribution < 1.29 is 0 Å². The van der Waals surface area contributed by atoms with Crippen molar-refractivity contribution in [2.24, 2.45) is 5.73 Å². The Labute approximate surface area is 58.9 Å². The molecule has 1 rings (SSSR count). The van der Waals surface area contributed by atoms with E-state index in [1.165, 1.54) is 6.07 Å². The molecule has 0 aliphatic heterocycles. The maximum Gasteiger partial charge on any atom is 0.247 e. The van der Waals surface area contributed by atoms with E-state index in [0.29, 0.717) is 0 Å². The summed E-state index contributed by atoms with van der Waals surface area (Å²) in [6.07, 6.45) is 1.63. The van der Waals surface area contributed by atoms with Crippen LogP contribution < -0.4 is 11.3 Å². The first-order valence-corrected chi connectivity index (χ1v) is 3.14. The van der Waals surface area contributed by atoms with Crippen molar-refractivity contribution in [2.45, 2.75) is 13.0 Å². The summed E-state index contributed by atoms with van der Waals surface area (Å²) in [4.78, 5) is 13.1. The van der Waals surface area contributed by atoms with Gasteiger partial charge in [0, 0.05) is 18.3 Å². The summed E-state index contributed by atoms with van der Waals surface area (Å²) >= 11 is 0. The number of aromatic nitrogens is 1. The topological polar surface area (TPSA) is 58.9 Å². The van der Waals surface area contributed by atoms with Gasteiger partial charge in [0.15, 0.2) is 0 Å². The van der Waals surface area contributed by atoms with E-state index in [1.54, 1.807) is 12.3 Å². The number of pyridine rings is 1. The molecule has 3 N–H and O–H groups in total. The summed E-state index contributed by atoms with van der Waals surface area (Å²) in [6, 6.07) is 3.18. The van der Waals surface area contributed by atoms with E-state index >= 15 is 0 Å². The predicted octanol–water partition coefficient (Wildman–Crippen LogP) is 0.395. The van der Waals surface area contributed by atoms with Crippen molar-refractivity contribution >= 4 is 0 Å². The number of nitrogens with two attached hydrogens (primary N) is 1. The summed E-state index contributed by atoms with van der Waals surface area (Å²) in [5.74, 6) is 0. The van der Waals surface area contributed by atoms with Gasteiger partial charge in [-0.25, -0.2) is 0 Å². The summed E-state index contributed by atoms with van der Waals surface area (Å²) in [6.45, 7) is 1.87. The number of hydrogen-bond donors (Lipinski definition) is 2. The van der Waals surface area contributed by atoms with Gasteiger partial charge in [-0.05, 0) is 12.5 Å². The molecular formula is C7H10N2O. The normalized spacial score (nSPS) is 13.0. The fraction of sp³-hybridized carbons (Fsp3) is 0.286. The minimum Gasteiger partial charge on any atom is -0.329 e. The van der Waals surface area contributed by atoms with Gasteiger partial charge in [-0.15, -0.1) is 0 Å². The molecule has 1 heterocycles. The third-order valence-electron chi connectivity index (χ3n) is 1.33. The molecule has 0 aliphatic rings. The van der Waals surface area contributed by atoms with E-state index < -0.39 is 0 Å². The molecule has 0 saturated heterocycles. The summed E-state index contributed by atoms with van der Waals surface area (Å²) in [5, 5.41) is 0. The van der Waals surface area contributed by atoms with Crippen LogP contribution in [0.25, 0.3) is 0 Å². The van der Waals surface area contributed by atoms with Crippen LogP contribution in [0.1, 0.15) is 18.5 Å². The molecule has 0 spiro atoms. The highest BCUT2D eigenvalue weighted by Crippen LogP contribution is 2.03. The van der Waals surface area contributed by atoms with Crippen LogP contribution >= 0.6 is 0 Å². The molecule has 0 unspecified atom stereocenters. The molecule has 10 heavy (non-hydrogen) atoms. The highest BCUT2D eigenvalue weighted by molar-refractivity contribution is 5.11. The van der Waals surface area contributed by atoms with Gasteiger partial charge in [0.05, 0.1) is 0 Å². The van der Waals surface area contributed by atoms with Crippen LogP contribution in [0.2, 0.25) is 0 Å². The van der Waals surface area contributed by atoms with Gasteiger partial charge in [-0.2, -0.15) is 0 Å². The maximum absolute atomic E-state index is 10.5. The Kier molecular flexibility index (Phi) is 1.87. The number of hydrogen-bond acceptors (Lipinski definition) is 2. The number of nitrogens with one attached hydrogen (secondary N) is 1. The number of aromatic amines is 1. The fourth-order valence-electron chi connectivity index (χ4n) is 0.706. The Balaban J connectivity index is 3.00. The maximum atomic E-state index is 10.5. The third-order valence-corrected chi connectivity index (χ3v) is 1.33. The highest BCUT2D eigenvalue weighted by Gasteiger charge is 1.95. The van der Waals surface area contributed by atoms with E-state index in [-0.39, 0.29) is 11.6 Å². The summed E-state index contributed by atoms with van der Waals surface area (Å²) in [5.41, 5.74) is 6.39. The van der Waals surface area contributed by atoms with Crippen LogP contribution in [0.15, 0.2) is 23.1 Å². The van der Waals surface area contributed by atoms with E-state index in [0.717, 1.165) is 5.56 Å². The number of H-pyrrole nitrogens is 1. The second-order valence-corrected chi connectivity index (χ2v) is 2.27. The van der Waals surface area contributed by atoms with Gasteiger partial charge < -0.3 is 10.7 Å². The molecule has 0 bridgehead atoms. The van der Waals surface area contributed by atoms with Gasteiger partial charge in [-0.1, -0.05) is 6.07 Å².